The van der Waals surface area contributed by atoms with E-state index in [2.05, 4.69) is 15.6 Å². The Hall–Kier alpha value is -2.06. The Morgan fingerprint density at radius 2 is 1.57 bits per heavy atom. The molecule has 2 N–H and O–H groups in total. The second kappa shape index (κ2) is 9.43. The first kappa shape index (κ1) is 24.6. The zero-order chi connectivity index (χ0) is 24.9. The van der Waals surface area contributed by atoms with Gasteiger partial charge in [-0.3, -0.25) is 9.59 Å². The van der Waals surface area contributed by atoms with E-state index in [-0.39, 0.29) is 10.6 Å². The second-order valence-corrected chi connectivity index (χ2v) is 11.6. The van der Waals surface area contributed by atoms with Gasteiger partial charge in [-0.25, -0.2) is 4.98 Å². The number of carbonyl (C=O) groups excluding carboxylic acids is 2. The van der Waals surface area contributed by atoms with Gasteiger partial charge in [-0.05, 0) is 60.2 Å². The maximum Gasteiger partial charge on any atom is 0.257 e. The highest BCUT2D eigenvalue weighted by molar-refractivity contribution is 7.16. The molecule has 2 amide bonds. The molecule has 1 fully saturated rings. The number of anilines is 2. The van der Waals surface area contributed by atoms with Gasteiger partial charge in [-0.1, -0.05) is 34.8 Å². The monoisotopic (exact) mass is 583 g/mol. The molecule has 11 heteroatoms. The minimum Gasteiger partial charge on any atom is -0.326 e. The van der Waals surface area contributed by atoms with Crippen LogP contribution in [0.1, 0.15) is 21.8 Å². The van der Waals surface area contributed by atoms with Crippen LogP contribution < -0.4 is 10.6 Å². The van der Waals surface area contributed by atoms with Gasteiger partial charge in [0.15, 0.2) is 0 Å². The van der Waals surface area contributed by atoms with E-state index in [1.165, 1.54) is 23.5 Å². The van der Waals surface area contributed by atoms with Gasteiger partial charge in [0.2, 0.25) is 5.91 Å². The number of amides is 2. The zero-order valence-electron chi connectivity index (χ0n) is 17.5. The van der Waals surface area contributed by atoms with E-state index in [4.69, 9.17) is 58.0 Å². The molecule has 0 bridgehead atoms. The first-order valence-electron chi connectivity index (χ1n) is 10.2. The fraction of sp³-hybridized carbons (Fsp3) is 0.125. The van der Waals surface area contributed by atoms with Crippen molar-refractivity contribution in [3.63, 3.8) is 0 Å². The highest BCUT2D eigenvalue weighted by Crippen LogP contribution is 2.65. The van der Waals surface area contributed by atoms with Gasteiger partial charge in [0.05, 0.1) is 32.2 Å². The minimum atomic E-state index is -1.32. The molecule has 2 unspecified atom stereocenters. The first-order valence-corrected chi connectivity index (χ1v) is 13.0. The number of benzene rings is 3. The third-order valence-electron chi connectivity index (χ3n) is 5.65. The summed E-state index contributed by atoms with van der Waals surface area (Å²) in [7, 11) is 0. The van der Waals surface area contributed by atoms with Crippen molar-refractivity contribution in [3.05, 3.63) is 86.3 Å². The molecule has 3 aromatic carbocycles. The van der Waals surface area contributed by atoms with Crippen LogP contribution in [-0.4, -0.2) is 21.1 Å². The Kier molecular flexibility index (Phi) is 6.64. The summed E-state index contributed by atoms with van der Waals surface area (Å²) >= 11 is 32.8. The fourth-order valence-corrected chi connectivity index (χ4v) is 6.24. The van der Waals surface area contributed by atoms with Crippen LogP contribution in [0.15, 0.2) is 60.1 Å². The van der Waals surface area contributed by atoms with Crippen molar-refractivity contribution in [2.45, 2.75) is 10.3 Å². The van der Waals surface area contributed by atoms with E-state index in [9.17, 15) is 9.59 Å². The largest absolute Gasteiger partial charge is 0.326 e. The number of carbonyl (C=O) groups is 2. The molecule has 178 valence electrons. The topological polar surface area (TPSA) is 71.1 Å². The van der Waals surface area contributed by atoms with Crippen molar-refractivity contribution in [1.29, 1.82) is 0 Å². The lowest BCUT2D eigenvalue weighted by Gasteiger charge is -2.10. The number of nitrogens with one attached hydrogen (secondary N) is 2. The van der Waals surface area contributed by atoms with Crippen molar-refractivity contribution < 1.29 is 9.59 Å². The molecule has 5 nitrogen and oxygen atoms in total. The van der Waals surface area contributed by atoms with Gasteiger partial charge in [-0.2, -0.15) is 0 Å². The van der Waals surface area contributed by atoms with Crippen LogP contribution in [0.2, 0.25) is 15.1 Å². The maximum absolute atomic E-state index is 13.0. The summed E-state index contributed by atoms with van der Waals surface area (Å²) in [5.74, 6) is -2.05. The summed E-state index contributed by atoms with van der Waals surface area (Å²) in [5, 5.41) is 6.68. The Morgan fingerprint density at radius 1 is 0.886 bits per heavy atom. The van der Waals surface area contributed by atoms with Crippen LogP contribution in [0, 0.1) is 5.92 Å². The van der Waals surface area contributed by atoms with Crippen LogP contribution in [0.4, 0.5) is 11.4 Å². The first-order chi connectivity index (χ1) is 16.6. The standard InChI is InChI=1S/C24H14Cl5N3O2S/c25-12-5-11(6-13(26)7-12)20-21(24(20,28)29)23(34)32-14-1-3-17(27)16(8-14)22(33)31-15-2-4-18-19(9-15)35-10-30-18/h1-10,20-21H,(H,31,33)(H,32,34). The SMILES string of the molecule is O=C(Nc1ccc2ncsc2c1)c1cc(NC(=O)C2C(c3cc(Cl)cc(Cl)c3)C2(Cl)Cl)ccc1Cl. The molecule has 4 aromatic rings. The Bertz CT molecular complexity index is 1470. The van der Waals surface area contributed by atoms with Crippen molar-refractivity contribution in [2.75, 3.05) is 10.6 Å². The number of thiazole rings is 1. The number of halogens is 5. The molecule has 0 radical (unpaired) electrons. The summed E-state index contributed by atoms with van der Waals surface area (Å²) in [5.41, 5.74) is 4.44. The summed E-state index contributed by atoms with van der Waals surface area (Å²) < 4.78 is -0.374. The van der Waals surface area contributed by atoms with E-state index in [1.54, 1.807) is 35.8 Å². The molecule has 1 saturated carbocycles. The zero-order valence-corrected chi connectivity index (χ0v) is 22.1. The number of hydrogen-bond donors (Lipinski definition) is 2. The normalized spacial score (nSPS) is 18.3. The lowest BCUT2D eigenvalue weighted by molar-refractivity contribution is -0.117. The van der Waals surface area contributed by atoms with Crippen molar-refractivity contribution in [2.24, 2.45) is 5.92 Å². The van der Waals surface area contributed by atoms with E-state index in [0.717, 1.165) is 10.2 Å². The summed E-state index contributed by atoms with van der Waals surface area (Å²) in [6, 6.07) is 15.0. The van der Waals surface area contributed by atoms with Crippen LogP contribution in [0.25, 0.3) is 10.2 Å². The summed E-state index contributed by atoms with van der Waals surface area (Å²) in [6.07, 6.45) is 0. The van der Waals surface area contributed by atoms with Crippen LogP contribution in [0.3, 0.4) is 0 Å². The maximum atomic E-state index is 13.0. The molecule has 1 aliphatic rings. The highest BCUT2D eigenvalue weighted by atomic mass is 35.5. The van der Waals surface area contributed by atoms with Gasteiger partial charge in [0.1, 0.15) is 4.33 Å². The third-order valence-corrected chi connectivity index (χ3v) is 8.15. The van der Waals surface area contributed by atoms with Gasteiger partial charge in [0.25, 0.3) is 5.91 Å². The lowest BCUT2D eigenvalue weighted by atomic mass is 10.1. The van der Waals surface area contributed by atoms with Crippen molar-refractivity contribution >= 4 is 103 Å². The Morgan fingerprint density at radius 3 is 2.31 bits per heavy atom. The predicted octanol–water partition coefficient (Wildman–Crippen LogP) is 8.03. The van der Waals surface area contributed by atoms with Gasteiger partial charge in [0, 0.05) is 27.3 Å². The molecular weight excluding hydrogens is 572 g/mol. The van der Waals surface area contributed by atoms with Crippen LogP contribution in [0.5, 0.6) is 0 Å². The van der Waals surface area contributed by atoms with Gasteiger partial charge in [-0.15, -0.1) is 34.5 Å². The number of aromatic nitrogens is 1. The van der Waals surface area contributed by atoms with Gasteiger partial charge < -0.3 is 10.6 Å². The summed E-state index contributed by atoms with van der Waals surface area (Å²) in [6.45, 7) is 0. The molecule has 2 atom stereocenters. The molecular formula is C24H14Cl5N3O2S. The van der Waals surface area contributed by atoms with E-state index in [0.29, 0.717) is 27.0 Å². The minimum absolute atomic E-state index is 0.200. The molecule has 1 aliphatic carbocycles. The quantitative estimate of drug-likeness (QED) is 0.233. The molecule has 1 aromatic heterocycles. The number of rotatable bonds is 5. The summed E-state index contributed by atoms with van der Waals surface area (Å²) in [4.78, 5) is 30.2. The number of hydrogen-bond acceptors (Lipinski definition) is 4. The molecule has 5 rings (SSSR count). The Labute approximate surface area is 229 Å². The average Bonchev–Trinajstić information content (AvgIpc) is 3.11. The van der Waals surface area contributed by atoms with Crippen molar-refractivity contribution in [1.82, 2.24) is 4.98 Å². The smallest absolute Gasteiger partial charge is 0.257 e. The van der Waals surface area contributed by atoms with E-state index in [1.807, 2.05) is 12.1 Å². The molecule has 0 spiro atoms. The number of alkyl halides is 2. The van der Waals surface area contributed by atoms with Crippen LogP contribution in [-0.2, 0) is 4.79 Å². The molecule has 0 saturated heterocycles. The molecule has 1 heterocycles. The van der Waals surface area contributed by atoms with E-state index < -0.39 is 28.0 Å². The fourth-order valence-electron chi connectivity index (χ4n) is 3.95. The van der Waals surface area contributed by atoms with Crippen molar-refractivity contribution in [3.8, 4) is 0 Å². The molecule has 0 aliphatic heterocycles. The highest BCUT2D eigenvalue weighted by Gasteiger charge is 2.67. The molecule has 35 heavy (non-hydrogen) atoms. The van der Waals surface area contributed by atoms with E-state index >= 15 is 0 Å². The van der Waals surface area contributed by atoms with Gasteiger partial charge >= 0.3 is 0 Å². The number of fused-ring (bicyclic) bond motifs is 1. The number of nitrogens with zero attached hydrogens (tertiary/aromatic N) is 1. The lowest BCUT2D eigenvalue weighted by Crippen LogP contribution is -2.18. The average molecular weight is 586 g/mol. The second-order valence-electron chi connectivity index (χ2n) is 8.01. The Balaban J connectivity index is 1.33. The third kappa shape index (κ3) is 4.96. The predicted molar refractivity (Wildman–Crippen MR) is 145 cm³/mol. The van der Waals surface area contributed by atoms with Crippen LogP contribution >= 0.6 is 69.3 Å².